The Labute approximate surface area is 243 Å². The van der Waals surface area contributed by atoms with Gasteiger partial charge in [-0.05, 0) is 50.0 Å². The van der Waals surface area contributed by atoms with Crippen LogP contribution in [-0.2, 0) is 48.2 Å². The third-order valence-corrected chi connectivity index (χ3v) is 7.99. The molecule has 0 radical (unpaired) electrons. The summed E-state index contributed by atoms with van der Waals surface area (Å²) in [5.41, 5.74) is 2.13. The summed E-state index contributed by atoms with van der Waals surface area (Å²) in [6.07, 6.45) is -0.440. The summed E-state index contributed by atoms with van der Waals surface area (Å²) in [5.74, 6) is -1.31. The fourth-order valence-electron chi connectivity index (χ4n) is 4.46. The number of thioether (sulfide) groups is 1. The molecule has 3 atom stereocenters. The van der Waals surface area contributed by atoms with Crippen molar-refractivity contribution in [3.8, 4) is 0 Å². The molecular weight excluding hydrogens is 546 g/mol. The van der Waals surface area contributed by atoms with Crippen molar-refractivity contribution in [2.75, 3.05) is 7.11 Å². The average Bonchev–Trinajstić information content (AvgIpc) is 2.93. The number of fused-ring (bicyclic) bond motifs is 1. The van der Waals surface area contributed by atoms with E-state index in [4.69, 9.17) is 14.2 Å². The molecule has 2 aromatic rings. The lowest BCUT2D eigenvalue weighted by Crippen LogP contribution is -2.71. The van der Waals surface area contributed by atoms with Gasteiger partial charge in [0, 0.05) is 13.7 Å². The van der Waals surface area contributed by atoms with E-state index in [0.717, 1.165) is 16.7 Å². The Kier molecular flexibility index (Phi) is 9.39. The average molecular weight is 582 g/mol. The Balaban J connectivity index is 1.33. The van der Waals surface area contributed by atoms with E-state index >= 15 is 0 Å². The summed E-state index contributed by atoms with van der Waals surface area (Å²) in [6, 6.07) is 15.7. The topological polar surface area (TPSA) is 123 Å². The Bertz CT molecular complexity index is 1320. The van der Waals surface area contributed by atoms with Gasteiger partial charge in [0.1, 0.15) is 34.8 Å². The molecule has 0 spiro atoms. The molecule has 0 bridgehead atoms. The van der Waals surface area contributed by atoms with Crippen LogP contribution in [-0.4, -0.2) is 58.3 Å². The van der Waals surface area contributed by atoms with E-state index in [1.807, 2.05) is 42.5 Å². The molecule has 2 aromatic carbocycles. The molecular formula is C30H35N3O7S. The number of benzene rings is 2. The molecule has 0 aromatic heterocycles. The summed E-state index contributed by atoms with van der Waals surface area (Å²) >= 11 is 1.36. The fourth-order valence-corrected chi connectivity index (χ4v) is 5.81. The number of carbonyl (C=O) groups is 4. The zero-order chi connectivity index (χ0) is 29.7. The predicted octanol–water partition coefficient (Wildman–Crippen LogP) is 3.64. The van der Waals surface area contributed by atoms with Crippen LogP contribution in [0.15, 0.2) is 65.9 Å². The van der Waals surface area contributed by atoms with Gasteiger partial charge in [0.15, 0.2) is 0 Å². The van der Waals surface area contributed by atoms with Crippen molar-refractivity contribution in [2.45, 2.75) is 69.7 Å². The quantitative estimate of drug-likeness (QED) is 0.340. The van der Waals surface area contributed by atoms with E-state index in [-0.39, 0.29) is 37.1 Å². The SMILES string of the molecule is CO[C@H]1S[C@H]2[C@@H](NC(=O)Cc3ccc(CNC(=O)OC(C)(C)C)cc3)C(=O)N2C(C(=O)OCc2ccccc2)=C1C. The van der Waals surface area contributed by atoms with Crippen LogP contribution in [0.5, 0.6) is 0 Å². The number of ether oxygens (including phenoxy) is 3. The minimum absolute atomic E-state index is 0.0650. The molecule has 0 unspecified atom stereocenters. The first kappa shape index (κ1) is 30.1. The van der Waals surface area contributed by atoms with E-state index in [2.05, 4.69) is 10.6 Å². The molecule has 1 fully saturated rings. The number of carbonyl (C=O) groups excluding carboxylic acids is 4. The molecule has 1 saturated heterocycles. The van der Waals surface area contributed by atoms with Gasteiger partial charge < -0.3 is 24.8 Å². The maximum atomic E-state index is 13.1. The monoisotopic (exact) mass is 581 g/mol. The van der Waals surface area contributed by atoms with Crippen LogP contribution in [0.3, 0.4) is 0 Å². The third-order valence-electron chi connectivity index (χ3n) is 6.43. The second-order valence-corrected chi connectivity index (χ2v) is 12.0. The molecule has 0 saturated carbocycles. The number of rotatable bonds is 9. The Morgan fingerprint density at radius 3 is 2.27 bits per heavy atom. The molecule has 2 heterocycles. The molecule has 2 aliphatic heterocycles. The Morgan fingerprint density at radius 2 is 1.63 bits per heavy atom. The van der Waals surface area contributed by atoms with Gasteiger partial charge in [-0.25, -0.2) is 9.59 Å². The number of hydrogen-bond donors (Lipinski definition) is 2. The van der Waals surface area contributed by atoms with Gasteiger partial charge in [0.05, 0.1) is 6.42 Å². The Hall–Kier alpha value is -3.83. The lowest BCUT2D eigenvalue weighted by Gasteiger charge is -2.51. The van der Waals surface area contributed by atoms with Crippen LogP contribution in [0, 0.1) is 0 Å². The number of esters is 1. The number of amides is 3. The molecule has 2 aliphatic rings. The van der Waals surface area contributed by atoms with Crippen molar-refractivity contribution in [2.24, 2.45) is 0 Å². The fraction of sp³-hybridized carbons (Fsp3) is 0.400. The highest BCUT2D eigenvalue weighted by atomic mass is 32.2. The molecule has 4 rings (SSSR count). The van der Waals surface area contributed by atoms with Gasteiger partial charge in [-0.15, -0.1) is 0 Å². The molecule has 41 heavy (non-hydrogen) atoms. The van der Waals surface area contributed by atoms with E-state index in [1.165, 1.54) is 23.8 Å². The highest BCUT2D eigenvalue weighted by molar-refractivity contribution is 8.00. The van der Waals surface area contributed by atoms with Crippen molar-refractivity contribution < 1.29 is 33.4 Å². The zero-order valence-corrected chi connectivity index (χ0v) is 24.6. The lowest BCUT2D eigenvalue weighted by atomic mass is 10.0. The summed E-state index contributed by atoms with van der Waals surface area (Å²) in [7, 11) is 1.53. The van der Waals surface area contributed by atoms with Crippen molar-refractivity contribution in [3.63, 3.8) is 0 Å². The first-order valence-corrected chi connectivity index (χ1v) is 14.2. The third kappa shape index (κ3) is 7.47. The first-order chi connectivity index (χ1) is 19.5. The smallest absolute Gasteiger partial charge is 0.407 e. The molecule has 11 heteroatoms. The summed E-state index contributed by atoms with van der Waals surface area (Å²) in [6.45, 7) is 7.48. The first-order valence-electron chi connectivity index (χ1n) is 13.2. The van der Waals surface area contributed by atoms with Crippen LogP contribution in [0.1, 0.15) is 44.4 Å². The standard InChI is InChI=1S/C30H35N3O7S/c1-18-24(27(36)39-17-21-9-7-6-8-10-21)33-25(35)23(26(33)41-28(18)38-5)32-22(34)15-19-11-13-20(14-12-19)16-31-29(37)40-30(2,3)4/h6-14,23,26,28H,15-17H2,1-5H3,(H,31,37)(H,32,34)/t23-,26-,28-/m0/s1. The van der Waals surface area contributed by atoms with E-state index < -0.39 is 34.5 Å². The lowest BCUT2D eigenvalue weighted by molar-refractivity contribution is -0.153. The normalized spacial score (nSPS) is 20.1. The van der Waals surface area contributed by atoms with E-state index in [1.54, 1.807) is 39.8 Å². The van der Waals surface area contributed by atoms with Crippen LogP contribution < -0.4 is 10.6 Å². The number of nitrogens with zero attached hydrogens (tertiary/aromatic N) is 1. The van der Waals surface area contributed by atoms with E-state index in [9.17, 15) is 19.2 Å². The van der Waals surface area contributed by atoms with Gasteiger partial charge in [0.2, 0.25) is 5.91 Å². The van der Waals surface area contributed by atoms with Crippen molar-refractivity contribution in [1.82, 2.24) is 15.5 Å². The summed E-state index contributed by atoms with van der Waals surface area (Å²) in [5, 5.41) is 5.01. The number of hydrogen-bond acceptors (Lipinski definition) is 8. The van der Waals surface area contributed by atoms with Gasteiger partial charge in [-0.1, -0.05) is 66.4 Å². The minimum Gasteiger partial charge on any atom is -0.456 e. The molecule has 10 nitrogen and oxygen atoms in total. The van der Waals surface area contributed by atoms with Crippen molar-refractivity contribution >= 4 is 35.6 Å². The van der Waals surface area contributed by atoms with Crippen molar-refractivity contribution in [3.05, 3.63) is 82.6 Å². The van der Waals surface area contributed by atoms with Crippen LogP contribution in [0.25, 0.3) is 0 Å². The number of methoxy groups -OCH3 is 1. The molecule has 0 aliphatic carbocycles. The molecule has 218 valence electrons. The maximum Gasteiger partial charge on any atom is 0.407 e. The largest absolute Gasteiger partial charge is 0.456 e. The molecule has 3 amide bonds. The second kappa shape index (κ2) is 12.8. The van der Waals surface area contributed by atoms with Crippen LogP contribution in [0.4, 0.5) is 4.79 Å². The summed E-state index contributed by atoms with van der Waals surface area (Å²) < 4.78 is 16.3. The van der Waals surface area contributed by atoms with E-state index in [0.29, 0.717) is 5.57 Å². The van der Waals surface area contributed by atoms with Gasteiger partial charge in [-0.3, -0.25) is 14.5 Å². The predicted molar refractivity (Wildman–Crippen MR) is 153 cm³/mol. The van der Waals surface area contributed by atoms with Crippen molar-refractivity contribution in [1.29, 1.82) is 0 Å². The number of β-lactam (4-membered cyclic amide) rings is 1. The maximum absolute atomic E-state index is 13.1. The summed E-state index contributed by atoms with van der Waals surface area (Å²) in [4.78, 5) is 52.3. The van der Waals surface area contributed by atoms with Gasteiger partial charge >= 0.3 is 12.1 Å². The van der Waals surface area contributed by atoms with Crippen LogP contribution in [0.2, 0.25) is 0 Å². The van der Waals surface area contributed by atoms with Gasteiger partial charge in [-0.2, -0.15) is 0 Å². The van der Waals surface area contributed by atoms with Gasteiger partial charge in [0.25, 0.3) is 5.91 Å². The second-order valence-electron chi connectivity index (χ2n) is 10.8. The Morgan fingerprint density at radius 1 is 0.976 bits per heavy atom. The minimum atomic E-state index is -0.799. The highest BCUT2D eigenvalue weighted by Crippen LogP contribution is 2.44. The molecule has 2 N–H and O–H groups in total. The number of alkyl carbamates (subject to hydrolysis) is 1. The zero-order valence-electron chi connectivity index (χ0n) is 23.8. The van der Waals surface area contributed by atoms with Crippen LogP contribution >= 0.6 is 11.8 Å². The number of nitrogens with one attached hydrogen (secondary N) is 2. The highest BCUT2D eigenvalue weighted by Gasteiger charge is 2.56.